The number of benzene rings is 1. The molecule has 0 saturated carbocycles. The van der Waals surface area contributed by atoms with E-state index in [0.29, 0.717) is 11.1 Å². The van der Waals surface area contributed by atoms with Crippen LogP contribution in [0.2, 0.25) is 0 Å². The van der Waals surface area contributed by atoms with Gasteiger partial charge < -0.3 is 14.4 Å². The van der Waals surface area contributed by atoms with Crippen molar-refractivity contribution in [1.82, 2.24) is 14.8 Å². The van der Waals surface area contributed by atoms with E-state index in [1.807, 2.05) is 0 Å². The molecule has 0 aliphatic heterocycles. The summed E-state index contributed by atoms with van der Waals surface area (Å²) >= 11 is 3.02. The zero-order valence-corrected chi connectivity index (χ0v) is 12.2. The van der Waals surface area contributed by atoms with Crippen LogP contribution in [0.1, 0.15) is 5.82 Å². The average Bonchev–Trinajstić information content (AvgIpc) is 2.78. The molecule has 0 saturated heterocycles. The number of rotatable bonds is 5. The van der Waals surface area contributed by atoms with Gasteiger partial charge in [0.25, 0.3) is 0 Å². The van der Waals surface area contributed by atoms with Crippen LogP contribution >= 0.6 is 15.9 Å². The minimum absolute atomic E-state index is 0.0219. The molecule has 20 heavy (non-hydrogen) atoms. The molecule has 2 rings (SSSR count). The second-order valence-corrected chi connectivity index (χ2v) is 4.90. The van der Waals surface area contributed by atoms with Crippen LogP contribution in [0.5, 0.6) is 0 Å². The first-order valence-corrected chi connectivity index (χ1v) is 6.54. The Labute approximate surface area is 122 Å². The molecular weight excluding hydrogens is 336 g/mol. The standard InChI is InChI=1S/C12H12BrF2N3O2/c1-20-3-2-18-10(6-19)16-17-12(18)11-8(14)4-7(13)5-9(11)15/h4-5,19H,2-3,6H2,1H3. The molecule has 0 amide bonds. The quantitative estimate of drug-likeness (QED) is 0.899. The lowest BCUT2D eigenvalue weighted by Crippen LogP contribution is -2.11. The zero-order chi connectivity index (χ0) is 14.7. The van der Waals surface area contributed by atoms with Gasteiger partial charge in [-0.15, -0.1) is 10.2 Å². The highest BCUT2D eigenvalue weighted by atomic mass is 79.9. The summed E-state index contributed by atoms with van der Waals surface area (Å²) < 4.78 is 34.6. The Hall–Kier alpha value is -1.38. The van der Waals surface area contributed by atoms with Crippen LogP contribution in [0.4, 0.5) is 8.78 Å². The first kappa shape index (κ1) is 15.0. The second-order valence-electron chi connectivity index (χ2n) is 3.99. The van der Waals surface area contributed by atoms with E-state index < -0.39 is 11.6 Å². The molecule has 1 aromatic heterocycles. The molecule has 0 aliphatic carbocycles. The number of nitrogens with zero attached hydrogens (tertiary/aromatic N) is 3. The van der Waals surface area contributed by atoms with E-state index >= 15 is 0 Å². The lowest BCUT2D eigenvalue weighted by Gasteiger charge is -2.10. The molecule has 0 fully saturated rings. The maximum Gasteiger partial charge on any atom is 0.170 e. The SMILES string of the molecule is COCCn1c(CO)nnc1-c1c(F)cc(Br)cc1F. The van der Waals surface area contributed by atoms with Gasteiger partial charge in [-0.2, -0.15) is 0 Å². The maximum absolute atomic E-state index is 14.0. The Morgan fingerprint density at radius 1 is 1.30 bits per heavy atom. The van der Waals surface area contributed by atoms with Crippen molar-refractivity contribution in [1.29, 1.82) is 0 Å². The third-order valence-corrected chi connectivity index (χ3v) is 3.18. The predicted octanol–water partition coefficient (Wildman–Crippen LogP) is 2.12. The third-order valence-electron chi connectivity index (χ3n) is 2.72. The van der Waals surface area contributed by atoms with Crippen LogP contribution < -0.4 is 0 Å². The lowest BCUT2D eigenvalue weighted by atomic mass is 10.2. The Morgan fingerprint density at radius 2 is 1.95 bits per heavy atom. The number of aliphatic hydroxyl groups is 1. The Kier molecular flexibility index (Phi) is 4.79. The van der Waals surface area contributed by atoms with Gasteiger partial charge in [0.05, 0.1) is 12.2 Å². The molecule has 1 heterocycles. The summed E-state index contributed by atoms with van der Waals surface area (Å²) in [5.74, 6) is -1.27. The van der Waals surface area contributed by atoms with Crippen LogP contribution in [0.3, 0.4) is 0 Å². The van der Waals surface area contributed by atoms with Crippen molar-refractivity contribution < 1.29 is 18.6 Å². The summed E-state index contributed by atoms with van der Waals surface area (Å²) in [6.45, 7) is 0.206. The van der Waals surface area contributed by atoms with Gasteiger partial charge in [-0.05, 0) is 12.1 Å². The van der Waals surface area contributed by atoms with Crippen molar-refractivity contribution in [2.24, 2.45) is 0 Å². The first-order valence-electron chi connectivity index (χ1n) is 5.75. The maximum atomic E-state index is 14.0. The zero-order valence-electron chi connectivity index (χ0n) is 10.6. The molecule has 0 aliphatic rings. The Balaban J connectivity index is 2.55. The smallest absolute Gasteiger partial charge is 0.170 e. The van der Waals surface area contributed by atoms with Crippen molar-refractivity contribution in [2.75, 3.05) is 13.7 Å². The topological polar surface area (TPSA) is 60.2 Å². The summed E-state index contributed by atoms with van der Waals surface area (Å²) in [4.78, 5) is 0. The number of ether oxygens (including phenoxy) is 1. The van der Waals surface area contributed by atoms with Gasteiger partial charge in [0.2, 0.25) is 0 Å². The molecular formula is C12H12BrF2N3O2. The molecule has 5 nitrogen and oxygen atoms in total. The lowest BCUT2D eigenvalue weighted by molar-refractivity contribution is 0.183. The highest BCUT2D eigenvalue weighted by Crippen LogP contribution is 2.28. The molecule has 0 spiro atoms. The minimum Gasteiger partial charge on any atom is -0.388 e. The van der Waals surface area contributed by atoms with Crippen LogP contribution in [-0.2, 0) is 17.9 Å². The summed E-state index contributed by atoms with van der Waals surface area (Å²) in [6.07, 6.45) is 0. The molecule has 0 unspecified atom stereocenters. The number of aliphatic hydroxyl groups excluding tert-OH is 1. The molecule has 108 valence electrons. The van der Waals surface area contributed by atoms with Gasteiger partial charge in [-0.25, -0.2) is 8.78 Å². The van der Waals surface area contributed by atoms with Gasteiger partial charge in [0.1, 0.15) is 18.2 Å². The summed E-state index contributed by atoms with van der Waals surface area (Å²) in [5, 5.41) is 16.7. The number of methoxy groups -OCH3 is 1. The van der Waals surface area contributed by atoms with E-state index in [1.165, 1.54) is 11.7 Å². The normalized spacial score (nSPS) is 11.1. The van der Waals surface area contributed by atoms with Gasteiger partial charge in [0.15, 0.2) is 11.6 Å². The summed E-state index contributed by atoms with van der Waals surface area (Å²) in [5.41, 5.74) is -0.281. The number of hydrogen-bond donors (Lipinski definition) is 1. The summed E-state index contributed by atoms with van der Waals surface area (Å²) in [6, 6.07) is 2.29. The van der Waals surface area contributed by atoms with Crippen molar-refractivity contribution in [3.8, 4) is 11.4 Å². The Bertz CT molecular complexity index is 596. The van der Waals surface area contributed by atoms with Crippen LogP contribution in [0, 0.1) is 11.6 Å². The van der Waals surface area contributed by atoms with Crippen LogP contribution in [0.15, 0.2) is 16.6 Å². The molecule has 0 bridgehead atoms. The number of hydrogen-bond acceptors (Lipinski definition) is 4. The van der Waals surface area contributed by atoms with E-state index in [1.54, 1.807) is 0 Å². The van der Waals surface area contributed by atoms with E-state index in [0.717, 1.165) is 12.1 Å². The van der Waals surface area contributed by atoms with Gasteiger partial charge in [-0.1, -0.05) is 15.9 Å². The second kappa shape index (κ2) is 6.38. The van der Waals surface area contributed by atoms with E-state index in [2.05, 4.69) is 26.1 Å². The van der Waals surface area contributed by atoms with Gasteiger partial charge >= 0.3 is 0 Å². The monoisotopic (exact) mass is 347 g/mol. The highest BCUT2D eigenvalue weighted by Gasteiger charge is 2.20. The van der Waals surface area contributed by atoms with Gasteiger partial charge in [0, 0.05) is 18.1 Å². The first-order chi connectivity index (χ1) is 9.58. The van der Waals surface area contributed by atoms with Crippen molar-refractivity contribution in [3.05, 3.63) is 34.1 Å². The van der Waals surface area contributed by atoms with Crippen LogP contribution in [0.25, 0.3) is 11.4 Å². The van der Waals surface area contributed by atoms with Crippen molar-refractivity contribution in [3.63, 3.8) is 0 Å². The fourth-order valence-electron chi connectivity index (χ4n) is 1.81. The van der Waals surface area contributed by atoms with Crippen LogP contribution in [-0.4, -0.2) is 33.6 Å². The Morgan fingerprint density at radius 3 is 2.50 bits per heavy atom. The molecule has 2 aromatic rings. The molecule has 0 radical (unpaired) electrons. The van der Waals surface area contributed by atoms with Crippen molar-refractivity contribution >= 4 is 15.9 Å². The fraction of sp³-hybridized carbons (Fsp3) is 0.333. The van der Waals surface area contributed by atoms with Gasteiger partial charge in [-0.3, -0.25) is 0 Å². The largest absolute Gasteiger partial charge is 0.388 e. The average molecular weight is 348 g/mol. The fourth-order valence-corrected chi connectivity index (χ4v) is 2.21. The predicted molar refractivity (Wildman–Crippen MR) is 70.9 cm³/mol. The van der Waals surface area contributed by atoms with E-state index in [9.17, 15) is 13.9 Å². The van der Waals surface area contributed by atoms with E-state index in [4.69, 9.17) is 4.74 Å². The molecule has 1 aromatic carbocycles. The molecule has 1 N–H and O–H groups in total. The van der Waals surface area contributed by atoms with Crippen molar-refractivity contribution in [2.45, 2.75) is 13.2 Å². The number of aromatic nitrogens is 3. The highest BCUT2D eigenvalue weighted by molar-refractivity contribution is 9.10. The molecule has 8 heteroatoms. The third kappa shape index (κ3) is 2.87. The molecule has 0 atom stereocenters. The van der Waals surface area contributed by atoms with E-state index in [-0.39, 0.29) is 30.4 Å². The minimum atomic E-state index is -0.757. The number of halogens is 3. The summed E-state index contributed by atoms with van der Waals surface area (Å²) in [7, 11) is 1.50.